The van der Waals surface area contributed by atoms with Gasteiger partial charge in [0.2, 0.25) is 0 Å². The average molecular weight is 287 g/mol. The second-order valence-corrected chi connectivity index (χ2v) is 5.76. The lowest BCUT2D eigenvalue weighted by atomic mass is 9.94. The largest absolute Gasteiger partial charge is 0.508 e. The van der Waals surface area contributed by atoms with Crippen molar-refractivity contribution in [3.8, 4) is 5.75 Å². The summed E-state index contributed by atoms with van der Waals surface area (Å²) in [4.78, 5) is 0. The highest BCUT2D eigenvalue weighted by Crippen LogP contribution is 2.27. The molecule has 2 N–H and O–H groups in total. The summed E-state index contributed by atoms with van der Waals surface area (Å²) in [5.41, 5.74) is 2.10. The fourth-order valence-corrected chi connectivity index (χ4v) is 2.50. The van der Waals surface area contributed by atoms with Crippen molar-refractivity contribution in [1.82, 2.24) is 5.32 Å². The maximum atomic E-state index is 13.1. The molecule has 3 heteroatoms. The first kappa shape index (κ1) is 15.5. The molecule has 0 amide bonds. The lowest BCUT2D eigenvalue weighted by Crippen LogP contribution is -2.28. The van der Waals surface area contributed by atoms with E-state index in [4.69, 9.17) is 0 Å². The van der Waals surface area contributed by atoms with Crippen molar-refractivity contribution in [3.63, 3.8) is 0 Å². The van der Waals surface area contributed by atoms with Crippen LogP contribution in [-0.4, -0.2) is 5.11 Å². The highest BCUT2D eigenvalue weighted by Gasteiger charge is 2.19. The van der Waals surface area contributed by atoms with Gasteiger partial charge in [-0.2, -0.15) is 0 Å². The van der Waals surface area contributed by atoms with E-state index in [0.717, 1.165) is 11.1 Å². The van der Waals surface area contributed by atoms with Gasteiger partial charge < -0.3 is 10.4 Å². The van der Waals surface area contributed by atoms with Gasteiger partial charge in [-0.3, -0.25) is 0 Å². The summed E-state index contributed by atoms with van der Waals surface area (Å²) in [6.45, 7) is 6.33. The number of phenols is 1. The van der Waals surface area contributed by atoms with Crippen LogP contribution in [0.2, 0.25) is 0 Å². The number of rotatable bonds is 5. The zero-order chi connectivity index (χ0) is 15.4. The van der Waals surface area contributed by atoms with Crippen LogP contribution in [0.15, 0.2) is 48.5 Å². The SMILES string of the molecule is CC(NC(c1ccc(F)cc1)C(C)C)c1cccc(O)c1. The minimum Gasteiger partial charge on any atom is -0.508 e. The first-order chi connectivity index (χ1) is 9.97. The summed E-state index contributed by atoms with van der Waals surface area (Å²) in [5.74, 6) is 0.418. The molecule has 2 aromatic carbocycles. The second-order valence-electron chi connectivity index (χ2n) is 5.76. The van der Waals surface area contributed by atoms with Crippen molar-refractivity contribution in [2.24, 2.45) is 5.92 Å². The summed E-state index contributed by atoms with van der Waals surface area (Å²) >= 11 is 0. The van der Waals surface area contributed by atoms with Gasteiger partial charge in [-0.05, 0) is 48.2 Å². The quantitative estimate of drug-likeness (QED) is 0.843. The van der Waals surface area contributed by atoms with E-state index in [1.54, 1.807) is 12.1 Å². The molecule has 0 aromatic heterocycles. The summed E-state index contributed by atoms with van der Waals surface area (Å²) in [6.07, 6.45) is 0. The molecule has 0 radical (unpaired) electrons. The van der Waals surface area contributed by atoms with Crippen LogP contribution in [-0.2, 0) is 0 Å². The number of hydrogen-bond acceptors (Lipinski definition) is 2. The molecule has 2 unspecified atom stereocenters. The predicted molar refractivity (Wildman–Crippen MR) is 83.6 cm³/mol. The molecule has 0 saturated carbocycles. The number of nitrogens with one attached hydrogen (secondary N) is 1. The maximum absolute atomic E-state index is 13.1. The van der Waals surface area contributed by atoms with Gasteiger partial charge in [0.1, 0.15) is 11.6 Å². The van der Waals surface area contributed by atoms with Crippen LogP contribution < -0.4 is 5.32 Å². The number of halogens is 1. The normalized spacial score (nSPS) is 14.1. The fourth-order valence-electron chi connectivity index (χ4n) is 2.50. The van der Waals surface area contributed by atoms with Crippen LogP contribution in [0.5, 0.6) is 5.75 Å². The van der Waals surface area contributed by atoms with Crippen molar-refractivity contribution in [3.05, 3.63) is 65.5 Å². The molecular weight excluding hydrogens is 265 g/mol. The van der Waals surface area contributed by atoms with Gasteiger partial charge in [0.05, 0.1) is 0 Å². The van der Waals surface area contributed by atoms with Crippen molar-refractivity contribution >= 4 is 0 Å². The first-order valence-electron chi connectivity index (χ1n) is 7.28. The van der Waals surface area contributed by atoms with Crippen LogP contribution in [0.4, 0.5) is 4.39 Å². The Morgan fingerprint density at radius 1 is 0.952 bits per heavy atom. The molecule has 21 heavy (non-hydrogen) atoms. The van der Waals surface area contributed by atoms with E-state index in [1.165, 1.54) is 12.1 Å². The Kier molecular flexibility index (Phi) is 4.97. The zero-order valence-electron chi connectivity index (χ0n) is 12.7. The van der Waals surface area contributed by atoms with Crippen molar-refractivity contribution in [2.75, 3.05) is 0 Å². The van der Waals surface area contributed by atoms with Gasteiger partial charge in [-0.1, -0.05) is 38.1 Å². The molecule has 0 bridgehead atoms. The molecule has 0 saturated heterocycles. The monoisotopic (exact) mass is 287 g/mol. The molecule has 0 spiro atoms. The van der Waals surface area contributed by atoms with E-state index in [2.05, 4.69) is 26.1 Å². The molecule has 0 fully saturated rings. The van der Waals surface area contributed by atoms with E-state index in [1.807, 2.05) is 24.3 Å². The Bertz CT molecular complexity index is 580. The van der Waals surface area contributed by atoms with Crippen molar-refractivity contribution < 1.29 is 9.50 Å². The van der Waals surface area contributed by atoms with Gasteiger partial charge in [0.25, 0.3) is 0 Å². The van der Waals surface area contributed by atoms with E-state index < -0.39 is 0 Å². The Hall–Kier alpha value is -1.87. The van der Waals surface area contributed by atoms with Crippen LogP contribution in [0.25, 0.3) is 0 Å². The molecule has 0 aliphatic carbocycles. The van der Waals surface area contributed by atoms with Crippen molar-refractivity contribution in [1.29, 1.82) is 0 Å². The molecule has 0 aliphatic rings. The van der Waals surface area contributed by atoms with Crippen molar-refractivity contribution in [2.45, 2.75) is 32.9 Å². The molecule has 112 valence electrons. The highest BCUT2D eigenvalue weighted by molar-refractivity contribution is 5.29. The van der Waals surface area contributed by atoms with E-state index >= 15 is 0 Å². The molecule has 2 nitrogen and oxygen atoms in total. The second kappa shape index (κ2) is 6.72. The third-order valence-electron chi connectivity index (χ3n) is 3.70. The molecule has 2 aromatic rings. The lowest BCUT2D eigenvalue weighted by Gasteiger charge is -2.27. The standard InChI is InChI=1S/C18H22FNO/c1-12(2)18(14-7-9-16(19)10-8-14)20-13(3)15-5-4-6-17(21)11-15/h4-13,18,20-21H,1-3H3. The van der Waals surface area contributed by atoms with Crippen LogP contribution in [0.3, 0.4) is 0 Å². The molecular formula is C18H22FNO. The summed E-state index contributed by atoms with van der Waals surface area (Å²) in [7, 11) is 0. The minimum atomic E-state index is -0.220. The smallest absolute Gasteiger partial charge is 0.123 e. The Morgan fingerprint density at radius 3 is 2.19 bits per heavy atom. The third kappa shape index (κ3) is 4.05. The summed E-state index contributed by atoms with van der Waals surface area (Å²) < 4.78 is 13.1. The van der Waals surface area contributed by atoms with E-state index in [9.17, 15) is 9.50 Å². The topological polar surface area (TPSA) is 32.3 Å². The van der Waals surface area contributed by atoms with Gasteiger partial charge in [-0.25, -0.2) is 4.39 Å². The van der Waals surface area contributed by atoms with E-state index in [-0.39, 0.29) is 23.7 Å². The van der Waals surface area contributed by atoms with Crippen LogP contribution in [0.1, 0.15) is 44.0 Å². The third-order valence-corrected chi connectivity index (χ3v) is 3.70. The summed E-state index contributed by atoms with van der Waals surface area (Å²) in [5, 5.41) is 13.1. The molecule has 2 rings (SSSR count). The molecule has 2 atom stereocenters. The van der Waals surface area contributed by atoms with E-state index in [0.29, 0.717) is 5.92 Å². The highest BCUT2D eigenvalue weighted by atomic mass is 19.1. The van der Waals surface area contributed by atoms with Gasteiger partial charge >= 0.3 is 0 Å². The van der Waals surface area contributed by atoms with Gasteiger partial charge in [0, 0.05) is 12.1 Å². The molecule has 0 aliphatic heterocycles. The molecule has 0 heterocycles. The van der Waals surface area contributed by atoms with Crippen LogP contribution in [0, 0.1) is 11.7 Å². The van der Waals surface area contributed by atoms with Crippen LogP contribution >= 0.6 is 0 Å². The average Bonchev–Trinajstić information content (AvgIpc) is 2.45. The first-order valence-corrected chi connectivity index (χ1v) is 7.28. The Labute approximate surface area is 125 Å². The lowest BCUT2D eigenvalue weighted by molar-refractivity contribution is 0.373. The number of aromatic hydroxyl groups is 1. The predicted octanol–water partition coefficient (Wildman–Crippen LogP) is 4.58. The van der Waals surface area contributed by atoms with Gasteiger partial charge in [-0.15, -0.1) is 0 Å². The maximum Gasteiger partial charge on any atom is 0.123 e. The minimum absolute atomic E-state index is 0.0922. The zero-order valence-corrected chi connectivity index (χ0v) is 12.7. The number of phenolic OH excluding ortho intramolecular Hbond substituents is 1. The Morgan fingerprint density at radius 2 is 1.62 bits per heavy atom. The fraction of sp³-hybridized carbons (Fsp3) is 0.333. The Balaban J connectivity index is 2.18. The number of hydrogen-bond donors (Lipinski definition) is 2. The summed E-state index contributed by atoms with van der Waals surface area (Å²) in [6, 6.07) is 14.1. The number of benzene rings is 2. The van der Waals surface area contributed by atoms with Gasteiger partial charge in [0.15, 0.2) is 0 Å².